The van der Waals surface area contributed by atoms with Crippen LogP contribution in [0.1, 0.15) is 73.1 Å². The molecule has 1 saturated carbocycles. The molecule has 2 aromatic rings. The van der Waals surface area contributed by atoms with Crippen LogP contribution >= 0.6 is 0 Å². The first-order valence-corrected chi connectivity index (χ1v) is 12.4. The molecule has 1 saturated heterocycles. The summed E-state index contributed by atoms with van der Waals surface area (Å²) in [5.74, 6) is -0.0605. The van der Waals surface area contributed by atoms with Gasteiger partial charge in [0.2, 0.25) is 0 Å². The van der Waals surface area contributed by atoms with Gasteiger partial charge in [0, 0.05) is 42.3 Å². The van der Waals surface area contributed by atoms with E-state index in [0.29, 0.717) is 17.9 Å². The second-order valence-electron chi connectivity index (χ2n) is 9.58. The summed E-state index contributed by atoms with van der Waals surface area (Å²) >= 11 is 0. The maximum Gasteiger partial charge on any atom is 0.305 e. The van der Waals surface area contributed by atoms with Crippen LogP contribution in [0.3, 0.4) is 0 Å². The topological polar surface area (TPSA) is 77.6 Å². The molecular weight excluding hydrogens is 414 g/mol. The van der Waals surface area contributed by atoms with Crippen molar-refractivity contribution in [1.82, 2.24) is 4.57 Å². The van der Waals surface area contributed by atoms with Gasteiger partial charge < -0.3 is 19.9 Å². The molecule has 6 nitrogen and oxygen atoms in total. The van der Waals surface area contributed by atoms with Crippen molar-refractivity contribution in [1.29, 1.82) is 0 Å². The molecule has 1 aromatic carbocycles. The van der Waals surface area contributed by atoms with E-state index in [-0.39, 0.29) is 12.4 Å². The number of methoxy groups -OCH3 is 1. The molecule has 0 bridgehead atoms. The Morgan fingerprint density at radius 2 is 1.70 bits per heavy atom. The summed E-state index contributed by atoms with van der Waals surface area (Å²) in [6.45, 7) is 5.04. The highest BCUT2D eigenvalue weighted by atomic mass is 16.5. The third kappa shape index (κ3) is 5.10. The van der Waals surface area contributed by atoms with Gasteiger partial charge in [0.15, 0.2) is 0 Å². The van der Waals surface area contributed by atoms with Crippen LogP contribution in [0.15, 0.2) is 24.3 Å². The standard InChI is InChI=1S/C27H37N3O3/c1-19-25(27(28)32)26(21-10-12-22(13-11-21)29-16-6-7-17-29)23(14-15-24(31)33-2)30(19)18-20-8-4-3-5-9-20/h10-13,20H,3-9,14-18H2,1-2H3,(H2,28,32). The van der Waals surface area contributed by atoms with Crippen LogP contribution in [-0.2, 0) is 22.5 Å². The fourth-order valence-electron chi connectivity index (χ4n) is 5.68. The van der Waals surface area contributed by atoms with Gasteiger partial charge in [0.25, 0.3) is 5.91 Å². The fourth-order valence-corrected chi connectivity index (χ4v) is 5.68. The number of carbonyl (C=O) groups is 2. The number of amides is 1. The molecule has 2 N–H and O–H groups in total. The molecule has 1 aliphatic carbocycles. The van der Waals surface area contributed by atoms with E-state index in [1.165, 1.54) is 57.7 Å². The van der Waals surface area contributed by atoms with Gasteiger partial charge in [-0.3, -0.25) is 9.59 Å². The number of carbonyl (C=O) groups excluding carboxylic acids is 2. The molecule has 33 heavy (non-hydrogen) atoms. The number of nitrogens with two attached hydrogens (primary N) is 1. The average molecular weight is 452 g/mol. The van der Waals surface area contributed by atoms with Crippen LogP contribution in [0.25, 0.3) is 11.1 Å². The number of benzene rings is 1. The third-order valence-corrected chi connectivity index (χ3v) is 7.46. The summed E-state index contributed by atoms with van der Waals surface area (Å²) in [6, 6.07) is 8.48. The molecule has 4 rings (SSSR count). The van der Waals surface area contributed by atoms with Crippen molar-refractivity contribution in [2.24, 2.45) is 11.7 Å². The number of hydrogen-bond acceptors (Lipinski definition) is 4. The predicted octanol–water partition coefficient (Wildman–Crippen LogP) is 4.85. The molecule has 0 radical (unpaired) electrons. The number of aromatic nitrogens is 1. The number of hydrogen-bond donors (Lipinski definition) is 1. The van der Waals surface area contributed by atoms with Crippen molar-refractivity contribution < 1.29 is 14.3 Å². The molecule has 0 unspecified atom stereocenters. The highest BCUT2D eigenvalue weighted by molar-refractivity contribution is 6.02. The Kier molecular flexibility index (Phi) is 7.41. The number of ether oxygens (including phenoxy) is 1. The zero-order valence-electron chi connectivity index (χ0n) is 20.1. The second-order valence-corrected chi connectivity index (χ2v) is 9.58. The van der Waals surface area contributed by atoms with Gasteiger partial charge in [-0.25, -0.2) is 0 Å². The molecule has 2 fully saturated rings. The molecule has 2 aliphatic rings. The highest BCUT2D eigenvalue weighted by Gasteiger charge is 2.27. The minimum absolute atomic E-state index is 0.242. The van der Waals surface area contributed by atoms with Crippen LogP contribution in [-0.4, -0.2) is 36.6 Å². The third-order valence-electron chi connectivity index (χ3n) is 7.46. The Hall–Kier alpha value is -2.76. The van der Waals surface area contributed by atoms with E-state index in [9.17, 15) is 9.59 Å². The van der Waals surface area contributed by atoms with Crippen molar-refractivity contribution in [3.63, 3.8) is 0 Å². The van der Waals surface area contributed by atoms with E-state index in [2.05, 4.69) is 33.7 Å². The summed E-state index contributed by atoms with van der Waals surface area (Å²) in [4.78, 5) is 27.1. The first-order valence-electron chi connectivity index (χ1n) is 12.4. The molecule has 2 heterocycles. The number of esters is 1. The van der Waals surface area contributed by atoms with Crippen molar-refractivity contribution in [3.8, 4) is 11.1 Å². The normalized spacial score (nSPS) is 16.8. The SMILES string of the molecule is COC(=O)CCc1c(-c2ccc(N3CCCC3)cc2)c(C(N)=O)c(C)n1CC1CCCCC1. The summed E-state index contributed by atoms with van der Waals surface area (Å²) in [7, 11) is 1.42. The molecule has 0 spiro atoms. The van der Waals surface area contributed by atoms with E-state index >= 15 is 0 Å². The maximum absolute atomic E-state index is 12.7. The lowest BCUT2D eigenvalue weighted by Crippen LogP contribution is -2.18. The number of anilines is 1. The van der Waals surface area contributed by atoms with Crippen molar-refractivity contribution >= 4 is 17.6 Å². The Labute approximate surface area is 197 Å². The largest absolute Gasteiger partial charge is 0.469 e. The van der Waals surface area contributed by atoms with Crippen LogP contribution in [0, 0.1) is 12.8 Å². The zero-order chi connectivity index (χ0) is 23.4. The van der Waals surface area contributed by atoms with Gasteiger partial charge in [0.1, 0.15) is 0 Å². The van der Waals surface area contributed by atoms with E-state index in [4.69, 9.17) is 10.5 Å². The Morgan fingerprint density at radius 3 is 2.30 bits per heavy atom. The fraction of sp³-hybridized carbons (Fsp3) is 0.556. The van der Waals surface area contributed by atoms with Gasteiger partial charge in [-0.15, -0.1) is 0 Å². The minimum atomic E-state index is -0.409. The smallest absolute Gasteiger partial charge is 0.305 e. The van der Waals surface area contributed by atoms with Gasteiger partial charge in [-0.1, -0.05) is 31.4 Å². The lowest BCUT2D eigenvalue weighted by molar-refractivity contribution is -0.140. The molecule has 1 amide bonds. The van der Waals surface area contributed by atoms with Gasteiger partial charge in [-0.05, 0) is 62.6 Å². The summed E-state index contributed by atoms with van der Waals surface area (Å²) in [5.41, 5.74) is 11.5. The van der Waals surface area contributed by atoms with E-state index in [0.717, 1.165) is 42.1 Å². The average Bonchev–Trinajstić information content (AvgIpc) is 3.46. The second kappa shape index (κ2) is 10.4. The summed E-state index contributed by atoms with van der Waals surface area (Å²) in [6.07, 6.45) is 9.50. The van der Waals surface area contributed by atoms with Gasteiger partial charge >= 0.3 is 5.97 Å². The molecule has 1 aliphatic heterocycles. The Morgan fingerprint density at radius 1 is 1.03 bits per heavy atom. The highest BCUT2D eigenvalue weighted by Crippen LogP contribution is 2.37. The lowest BCUT2D eigenvalue weighted by Gasteiger charge is -2.24. The lowest BCUT2D eigenvalue weighted by atomic mass is 9.89. The quantitative estimate of drug-likeness (QED) is 0.582. The molecule has 178 valence electrons. The monoisotopic (exact) mass is 451 g/mol. The maximum atomic E-state index is 12.7. The number of nitrogens with zero attached hydrogens (tertiary/aromatic N) is 2. The van der Waals surface area contributed by atoms with Crippen LogP contribution in [0.2, 0.25) is 0 Å². The van der Waals surface area contributed by atoms with E-state index < -0.39 is 5.91 Å². The van der Waals surface area contributed by atoms with Crippen molar-refractivity contribution in [2.75, 3.05) is 25.1 Å². The number of primary amides is 1. The molecule has 1 aromatic heterocycles. The van der Waals surface area contributed by atoms with Crippen LogP contribution in [0.4, 0.5) is 5.69 Å². The Bertz CT molecular complexity index is 981. The molecule has 6 heteroatoms. The molecular formula is C27H37N3O3. The van der Waals surface area contributed by atoms with Crippen molar-refractivity contribution in [3.05, 3.63) is 41.2 Å². The van der Waals surface area contributed by atoms with Gasteiger partial charge in [-0.2, -0.15) is 0 Å². The van der Waals surface area contributed by atoms with E-state index in [1.54, 1.807) is 0 Å². The van der Waals surface area contributed by atoms with Crippen LogP contribution in [0.5, 0.6) is 0 Å². The Balaban J connectivity index is 1.76. The van der Waals surface area contributed by atoms with E-state index in [1.807, 2.05) is 6.92 Å². The number of rotatable bonds is 8. The van der Waals surface area contributed by atoms with Gasteiger partial charge in [0.05, 0.1) is 19.1 Å². The zero-order valence-corrected chi connectivity index (χ0v) is 20.1. The molecule has 0 atom stereocenters. The first kappa shape index (κ1) is 23.4. The first-order chi connectivity index (χ1) is 16.0. The summed E-state index contributed by atoms with van der Waals surface area (Å²) < 4.78 is 7.19. The minimum Gasteiger partial charge on any atom is -0.469 e. The van der Waals surface area contributed by atoms with Crippen LogP contribution < -0.4 is 10.6 Å². The summed E-state index contributed by atoms with van der Waals surface area (Å²) in [5, 5.41) is 0. The van der Waals surface area contributed by atoms with Crippen molar-refractivity contribution in [2.45, 2.75) is 71.3 Å². The predicted molar refractivity (Wildman–Crippen MR) is 131 cm³/mol.